The number of carbonyl (C=O) groups is 1. The third-order valence-corrected chi connectivity index (χ3v) is 8.67. The number of hydrogen-bond acceptors (Lipinski definition) is 8. The molecule has 3 atom stereocenters. The number of aromatic nitrogens is 3. The van der Waals surface area contributed by atoms with Crippen LogP contribution < -0.4 is 20.2 Å². The second-order valence-corrected chi connectivity index (χ2v) is 11.1. The summed E-state index contributed by atoms with van der Waals surface area (Å²) in [6.07, 6.45) is 6.53. The van der Waals surface area contributed by atoms with Gasteiger partial charge in [0.05, 0.1) is 25.0 Å². The number of para-hydroxylation sites is 1. The maximum Gasteiger partial charge on any atom is 0.441 e. The fourth-order valence-corrected chi connectivity index (χ4v) is 5.81. The average Bonchev–Trinajstić information content (AvgIpc) is 2.90. The minimum atomic E-state index is -3.14. The highest BCUT2D eigenvalue weighted by atomic mass is 32.2. The molecule has 1 unspecified atom stereocenters. The predicted octanol–water partition coefficient (Wildman–Crippen LogP) is 3.22. The first kappa shape index (κ1) is 26.0. The standard InChI is InChI=1S/C25H29N7O4S/c1-15-10-19(14-26-11-15)24(33)30-32-25(29-22-20(35-5)8-7-9-21(22)36-6)31-37(32,34)18(4)17(3)23-27-12-16(2)13-28-23/h7-14,17-18H,1-6H3,(H,30,33)/p+1/t17-,18-,37?/m0/s1. The molecule has 12 heteroatoms. The van der Waals surface area contributed by atoms with Crippen molar-refractivity contribution in [3.05, 3.63) is 71.6 Å². The van der Waals surface area contributed by atoms with Crippen molar-refractivity contribution in [2.45, 2.75) is 38.9 Å². The van der Waals surface area contributed by atoms with Gasteiger partial charge in [0.15, 0.2) is 17.2 Å². The number of carbonyl (C=O) groups excluding carboxylic acids is 1. The molecule has 1 aliphatic rings. The number of nitrogens with zero attached hydrogens (tertiary/aromatic N) is 5. The number of methoxy groups -OCH3 is 2. The Kier molecular flexibility index (Phi) is 7.39. The number of anilines is 1. The highest BCUT2D eigenvalue weighted by molar-refractivity contribution is 7.91. The van der Waals surface area contributed by atoms with Gasteiger partial charge in [-0.15, -0.1) is 0 Å². The molecule has 0 spiro atoms. The normalized spacial score (nSPS) is 18.2. The van der Waals surface area contributed by atoms with E-state index in [-0.39, 0.29) is 11.9 Å². The van der Waals surface area contributed by atoms with Crippen molar-refractivity contribution >= 4 is 27.5 Å². The van der Waals surface area contributed by atoms with Crippen molar-refractivity contribution in [3.8, 4) is 11.5 Å². The molecule has 0 fully saturated rings. The number of nitrogens with one attached hydrogen (secondary N) is 2. The van der Waals surface area contributed by atoms with E-state index in [0.29, 0.717) is 28.6 Å². The molecule has 37 heavy (non-hydrogen) atoms. The van der Waals surface area contributed by atoms with Gasteiger partial charge in [-0.1, -0.05) is 13.0 Å². The smallest absolute Gasteiger partial charge is 0.441 e. The zero-order valence-electron chi connectivity index (χ0n) is 21.6. The SMILES string of the molecule is COc1cccc(OC)c1NC1=NS(=O)([C@@H](C)[C@H](C)c2ncc(C)cn2)=[N+]1NC(=O)c1cncc(C)c1. The van der Waals surface area contributed by atoms with Crippen LogP contribution in [0.5, 0.6) is 11.5 Å². The van der Waals surface area contributed by atoms with E-state index < -0.39 is 21.1 Å². The lowest BCUT2D eigenvalue weighted by Gasteiger charge is -2.25. The molecule has 0 saturated carbocycles. The van der Waals surface area contributed by atoms with Gasteiger partial charge in [-0.2, -0.15) is 9.63 Å². The molecule has 3 heterocycles. The van der Waals surface area contributed by atoms with Gasteiger partial charge in [0, 0.05) is 35.1 Å². The monoisotopic (exact) mass is 524 g/mol. The predicted molar refractivity (Wildman–Crippen MR) is 140 cm³/mol. The van der Waals surface area contributed by atoms with Gasteiger partial charge in [0.1, 0.15) is 5.82 Å². The van der Waals surface area contributed by atoms with Crippen molar-refractivity contribution in [3.63, 3.8) is 0 Å². The van der Waals surface area contributed by atoms with Gasteiger partial charge in [-0.05, 0) is 54.2 Å². The molecule has 0 bridgehead atoms. The lowest BCUT2D eigenvalue weighted by molar-refractivity contribution is -0.445. The summed E-state index contributed by atoms with van der Waals surface area (Å²) >= 11 is 0. The van der Waals surface area contributed by atoms with E-state index in [1.54, 1.807) is 49.8 Å². The van der Waals surface area contributed by atoms with Crippen molar-refractivity contribution in [1.82, 2.24) is 20.4 Å². The maximum atomic E-state index is 14.2. The first-order chi connectivity index (χ1) is 17.7. The van der Waals surface area contributed by atoms with Crippen molar-refractivity contribution < 1.29 is 22.5 Å². The van der Waals surface area contributed by atoms with Crippen LogP contribution in [-0.2, 0) is 9.92 Å². The van der Waals surface area contributed by atoms with E-state index in [2.05, 4.69) is 30.1 Å². The Labute approximate surface area is 216 Å². The van der Waals surface area contributed by atoms with Crippen LogP contribution in [0.1, 0.15) is 47.1 Å². The van der Waals surface area contributed by atoms with Gasteiger partial charge >= 0.3 is 5.96 Å². The summed E-state index contributed by atoms with van der Waals surface area (Å²) in [7, 11) is -0.0846. The molecule has 0 saturated heterocycles. The van der Waals surface area contributed by atoms with Crippen LogP contribution >= 0.6 is 0 Å². The van der Waals surface area contributed by atoms with Gasteiger partial charge < -0.3 is 9.47 Å². The van der Waals surface area contributed by atoms with Crippen molar-refractivity contribution in [2.24, 2.45) is 4.40 Å². The highest BCUT2D eigenvalue weighted by Crippen LogP contribution is 2.36. The van der Waals surface area contributed by atoms with E-state index in [1.807, 2.05) is 20.8 Å². The molecule has 0 radical (unpaired) electrons. The molecule has 1 aromatic carbocycles. The molecule has 3 aromatic rings. The third-order valence-electron chi connectivity index (χ3n) is 6.07. The Balaban J connectivity index is 1.73. The summed E-state index contributed by atoms with van der Waals surface area (Å²) in [5.41, 5.74) is 5.30. The molecule has 0 aliphatic carbocycles. The molecule has 194 valence electrons. The number of hydrogen-bond donors (Lipinski definition) is 2. The Hall–Kier alpha value is -4.06. The molecular formula is C25H30N7O4S+. The lowest BCUT2D eigenvalue weighted by Crippen LogP contribution is -2.53. The second-order valence-electron chi connectivity index (χ2n) is 8.71. The minimum absolute atomic E-state index is 0.172. The maximum absolute atomic E-state index is 14.2. The van der Waals surface area contributed by atoms with Crippen LogP contribution in [0.2, 0.25) is 0 Å². The van der Waals surface area contributed by atoms with Crippen LogP contribution in [0.15, 0.2) is 53.5 Å². The topological polar surface area (TPSA) is 131 Å². The van der Waals surface area contributed by atoms with E-state index >= 15 is 0 Å². The molecule has 1 aliphatic heterocycles. The average molecular weight is 525 g/mol. The zero-order chi connectivity index (χ0) is 26.7. The van der Waals surface area contributed by atoms with E-state index in [4.69, 9.17) is 9.47 Å². The van der Waals surface area contributed by atoms with Gasteiger partial charge in [-0.25, -0.2) is 15.3 Å². The zero-order valence-corrected chi connectivity index (χ0v) is 22.4. The first-order valence-corrected chi connectivity index (χ1v) is 13.1. The summed E-state index contributed by atoms with van der Waals surface area (Å²) in [6.45, 7) is 7.42. The number of benzene rings is 1. The number of rotatable bonds is 8. The molecule has 4 rings (SSSR count). The Morgan fingerprint density at radius 2 is 1.65 bits per heavy atom. The van der Waals surface area contributed by atoms with E-state index in [1.165, 1.54) is 24.5 Å². The van der Waals surface area contributed by atoms with Crippen LogP contribution in [0, 0.1) is 13.8 Å². The quantitative estimate of drug-likeness (QED) is 0.430. The Bertz CT molecular complexity index is 1460. The van der Waals surface area contributed by atoms with E-state index in [0.717, 1.165) is 11.1 Å². The fourth-order valence-electron chi connectivity index (χ4n) is 3.77. The van der Waals surface area contributed by atoms with Crippen LogP contribution in [0.4, 0.5) is 5.69 Å². The number of ether oxygens (including phenoxy) is 2. The highest BCUT2D eigenvalue weighted by Gasteiger charge is 2.46. The molecule has 2 aromatic heterocycles. The molecule has 1 amide bonds. The van der Waals surface area contributed by atoms with E-state index in [9.17, 15) is 9.00 Å². The first-order valence-electron chi connectivity index (χ1n) is 11.6. The minimum Gasteiger partial charge on any atom is -0.493 e. The number of guanidine groups is 1. The second kappa shape index (κ2) is 10.5. The lowest BCUT2D eigenvalue weighted by atomic mass is 10.1. The van der Waals surface area contributed by atoms with Crippen LogP contribution in [-0.4, -0.2) is 54.6 Å². The number of hydrazine groups is 1. The summed E-state index contributed by atoms with van der Waals surface area (Å²) in [5.74, 6) is 0.896. The van der Waals surface area contributed by atoms with Gasteiger partial charge in [0.2, 0.25) is 0 Å². The summed E-state index contributed by atoms with van der Waals surface area (Å²) in [4.78, 5) is 26.0. The van der Waals surface area contributed by atoms with Gasteiger partial charge in [-0.3, -0.25) is 9.78 Å². The fraction of sp³-hybridized carbons (Fsp3) is 0.320. The van der Waals surface area contributed by atoms with Gasteiger partial charge in [0.25, 0.3) is 15.8 Å². The largest absolute Gasteiger partial charge is 0.493 e. The summed E-state index contributed by atoms with van der Waals surface area (Å²) in [6, 6.07) is 6.98. The molecule has 11 nitrogen and oxygen atoms in total. The van der Waals surface area contributed by atoms with Crippen LogP contribution in [0.3, 0.4) is 0 Å². The summed E-state index contributed by atoms with van der Waals surface area (Å²) in [5, 5.41) is 2.57. The van der Waals surface area contributed by atoms with Crippen molar-refractivity contribution in [2.75, 3.05) is 19.5 Å². The Morgan fingerprint density at radius 1 is 1.00 bits per heavy atom. The Morgan fingerprint density at radius 3 is 2.24 bits per heavy atom. The van der Waals surface area contributed by atoms with Crippen molar-refractivity contribution in [1.29, 1.82) is 0 Å². The molecular weight excluding hydrogens is 494 g/mol. The number of amides is 1. The van der Waals surface area contributed by atoms with Crippen LogP contribution in [0.25, 0.3) is 0 Å². The molecule has 2 N–H and O–H groups in total. The summed E-state index contributed by atoms with van der Waals surface area (Å²) < 4.78 is 30.9. The third kappa shape index (κ3) is 5.10. The number of pyridine rings is 1. The number of aryl methyl sites for hydroxylation is 2.